The third kappa shape index (κ3) is 3.05. The van der Waals surface area contributed by atoms with Gasteiger partial charge in [-0.1, -0.05) is 11.8 Å². The summed E-state index contributed by atoms with van der Waals surface area (Å²) < 4.78 is 5.30. The number of furan rings is 1. The molecular weight excluding hydrogens is 240 g/mol. The monoisotopic (exact) mass is 250 g/mol. The Balaban J connectivity index is 1.96. The maximum atomic E-state index is 11.1. The van der Waals surface area contributed by atoms with Crippen LogP contribution >= 0.6 is 11.8 Å². The molecule has 7 heteroatoms. The molecule has 2 aromatic rings. The number of nitrogens with two attached hydrogens (primary N) is 1. The summed E-state index contributed by atoms with van der Waals surface area (Å²) in [5, 5.41) is 0.800. The lowest BCUT2D eigenvalue weighted by Gasteiger charge is -1.97. The first kappa shape index (κ1) is 11.6. The van der Waals surface area contributed by atoms with Crippen LogP contribution in [0.25, 0.3) is 0 Å². The highest BCUT2D eigenvalue weighted by molar-refractivity contribution is 7.98. The summed E-state index contributed by atoms with van der Waals surface area (Å²) in [5.41, 5.74) is 2.01. The molecule has 0 radical (unpaired) electrons. The number of carbonyl (C=O) groups is 1. The summed E-state index contributed by atoms with van der Waals surface area (Å²) in [4.78, 5) is 19.2. The van der Waals surface area contributed by atoms with Crippen LogP contribution in [0.4, 0.5) is 0 Å². The minimum absolute atomic E-state index is 0.197. The second-order valence-electron chi connectivity index (χ2n) is 3.07. The van der Waals surface area contributed by atoms with E-state index in [1.165, 1.54) is 11.8 Å². The fourth-order valence-electron chi connectivity index (χ4n) is 1.15. The van der Waals surface area contributed by atoms with Gasteiger partial charge in [0.05, 0.1) is 11.9 Å². The first-order valence-corrected chi connectivity index (χ1v) is 5.76. The molecule has 0 atom stereocenters. The van der Waals surface area contributed by atoms with Crippen molar-refractivity contribution in [3.63, 3.8) is 0 Å². The van der Waals surface area contributed by atoms with Gasteiger partial charge in [0.25, 0.3) is 0 Å². The number of carbonyl (C=O) groups excluding carboxylic acids is 1. The Morgan fingerprint density at radius 1 is 1.47 bits per heavy atom. The van der Waals surface area contributed by atoms with Crippen LogP contribution in [0.2, 0.25) is 0 Å². The van der Waals surface area contributed by atoms with E-state index in [2.05, 4.69) is 9.97 Å². The van der Waals surface area contributed by atoms with Gasteiger partial charge in [-0.25, -0.2) is 10.8 Å². The molecule has 17 heavy (non-hydrogen) atoms. The summed E-state index contributed by atoms with van der Waals surface area (Å²) >= 11 is 1.48. The molecule has 6 nitrogen and oxygen atoms in total. The number of amides is 1. The van der Waals surface area contributed by atoms with Gasteiger partial charge in [-0.3, -0.25) is 15.2 Å². The number of nitrogens with one attached hydrogen (secondary N) is 1. The Morgan fingerprint density at radius 2 is 2.35 bits per heavy atom. The van der Waals surface area contributed by atoms with Gasteiger partial charge in [-0.15, -0.1) is 0 Å². The molecule has 0 aliphatic carbocycles. The molecule has 0 aliphatic heterocycles. The largest absolute Gasteiger partial charge is 0.455 e. The van der Waals surface area contributed by atoms with E-state index >= 15 is 0 Å². The van der Waals surface area contributed by atoms with Crippen LogP contribution in [0.1, 0.15) is 16.3 Å². The number of hydrazine groups is 1. The third-order valence-electron chi connectivity index (χ3n) is 1.92. The van der Waals surface area contributed by atoms with Crippen molar-refractivity contribution in [3.05, 3.63) is 42.2 Å². The lowest BCUT2D eigenvalue weighted by molar-refractivity contribution is 0.0924. The summed E-state index contributed by atoms with van der Waals surface area (Å²) in [5.74, 6) is 6.01. The molecule has 0 aliphatic rings. The molecule has 0 aromatic carbocycles. The molecule has 2 heterocycles. The average Bonchev–Trinajstić information content (AvgIpc) is 2.85. The highest BCUT2D eigenvalue weighted by Crippen LogP contribution is 2.20. The zero-order valence-corrected chi connectivity index (χ0v) is 9.61. The van der Waals surface area contributed by atoms with E-state index < -0.39 is 5.91 Å². The second kappa shape index (κ2) is 5.46. The number of nitrogen functional groups attached to an aromatic ring is 1. The molecule has 0 saturated heterocycles. The minimum Gasteiger partial charge on any atom is -0.455 e. The van der Waals surface area contributed by atoms with Crippen molar-refractivity contribution in [3.8, 4) is 0 Å². The average molecular weight is 250 g/mol. The van der Waals surface area contributed by atoms with Crippen LogP contribution in [0, 0.1) is 0 Å². The van der Waals surface area contributed by atoms with Crippen LogP contribution in [0.3, 0.4) is 0 Å². The Labute approximate surface area is 102 Å². The molecule has 88 valence electrons. The summed E-state index contributed by atoms with van der Waals surface area (Å²) in [6.45, 7) is 0. The van der Waals surface area contributed by atoms with Crippen molar-refractivity contribution in [2.24, 2.45) is 5.84 Å². The lowest BCUT2D eigenvalue weighted by atomic mass is 10.4. The van der Waals surface area contributed by atoms with Crippen molar-refractivity contribution >= 4 is 17.7 Å². The summed E-state index contributed by atoms with van der Waals surface area (Å²) in [6.07, 6.45) is 4.90. The molecular formula is C10H10N4O2S. The van der Waals surface area contributed by atoms with Gasteiger partial charge >= 0.3 is 5.91 Å². The van der Waals surface area contributed by atoms with Crippen LogP contribution in [0.5, 0.6) is 0 Å². The number of nitrogens with zero attached hydrogens (tertiary/aromatic N) is 2. The van der Waals surface area contributed by atoms with E-state index in [1.54, 1.807) is 30.7 Å². The number of hydrogen-bond acceptors (Lipinski definition) is 6. The first-order valence-electron chi connectivity index (χ1n) is 4.78. The van der Waals surface area contributed by atoms with E-state index in [4.69, 9.17) is 10.3 Å². The number of hydrogen-bond donors (Lipinski definition) is 2. The second-order valence-corrected chi connectivity index (χ2v) is 4.07. The maximum absolute atomic E-state index is 11.1. The molecule has 2 rings (SSSR count). The Bertz CT molecular complexity index is 500. The number of rotatable bonds is 4. The third-order valence-corrected chi connectivity index (χ3v) is 2.85. The van der Waals surface area contributed by atoms with Gasteiger partial charge in [-0.2, -0.15) is 0 Å². The van der Waals surface area contributed by atoms with Crippen molar-refractivity contribution in [2.45, 2.75) is 10.8 Å². The van der Waals surface area contributed by atoms with E-state index in [-0.39, 0.29) is 5.76 Å². The predicted octanol–water partition coefficient (Wildman–Crippen LogP) is 0.965. The van der Waals surface area contributed by atoms with Crippen molar-refractivity contribution in [1.29, 1.82) is 0 Å². The topological polar surface area (TPSA) is 94.0 Å². The van der Waals surface area contributed by atoms with Gasteiger partial charge in [0.2, 0.25) is 0 Å². The van der Waals surface area contributed by atoms with E-state index in [9.17, 15) is 4.79 Å². The zero-order chi connectivity index (χ0) is 12.1. The van der Waals surface area contributed by atoms with Crippen LogP contribution < -0.4 is 11.3 Å². The number of aromatic nitrogens is 2. The van der Waals surface area contributed by atoms with Crippen LogP contribution in [-0.2, 0) is 5.75 Å². The minimum atomic E-state index is -0.444. The predicted molar refractivity (Wildman–Crippen MR) is 62.0 cm³/mol. The normalized spacial score (nSPS) is 10.2. The molecule has 0 spiro atoms. The van der Waals surface area contributed by atoms with E-state index in [0.29, 0.717) is 11.5 Å². The van der Waals surface area contributed by atoms with Gasteiger partial charge in [0.15, 0.2) is 5.76 Å². The quantitative estimate of drug-likeness (QED) is 0.363. The fourth-order valence-corrected chi connectivity index (χ4v) is 1.87. The molecule has 1 amide bonds. The van der Waals surface area contributed by atoms with Gasteiger partial charge in [0.1, 0.15) is 10.8 Å². The smallest absolute Gasteiger partial charge is 0.300 e. The van der Waals surface area contributed by atoms with E-state index in [1.807, 2.05) is 5.43 Å². The van der Waals surface area contributed by atoms with Gasteiger partial charge < -0.3 is 4.42 Å². The number of thioether (sulfide) groups is 1. The molecule has 3 N–H and O–H groups in total. The van der Waals surface area contributed by atoms with Crippen molar-refractivity contribution in [1.82, 2.24) is 15.4 Å². The standard InChI is InChI=1S/C10H10N4O2S/c11-14-10(15)8-2-1-7(16-8)6-17-9-5-12-3-4-13-9/h1-5H,6,11H2,(H,14,15). The van der Waals surface area contributed by atoms with Crippen molar-refractivity contribution in [2.75, 3.05) is 0 Å². The molecule has 0 saturated carbocycles. The highest BCUT2D eigenvalue weighted by Gasteiger charge is 2.09. The van der Waals surface area contributed by atoms with E-state index in [0.717, 1.165) is 5.03 Å². The maximum Gasteiger partial charge on any atom is 0.300 e. The Hall–Kier alpha value is -1.86. The molecule has 0 unspecified atom stereocenters. The Morgan fingerprint density at radius 3 is 3.06 bits per heavy atom. The molecule has 2 aromatic heterocycles. The van der Waals surface area contributed by atoms with Gasteiger partial charge in [-0.05, 0) is 12.1 Å². The SMILES string of the molecule is NNC(=O)c1ccc(CSc2cnccn2)o1. The Kier molecular flexibility index (Phi) is 3.73. The summed E-state index contributed by atoms with van der Waals surface area (Å²) in [6, 6.07) is 3.31. The van der Waals surface area contributed by atoms with Gasteiger partial charge in [0, 0.05) is 12.4 Å². The first-order chi connectivity index (χ1) is 8.29. The van der Waals surface area contributed by atoms with Crippen LogP contribution in [0.15, 0.2) is 40.2 Å². The lowest BCUT2D eigenvalue weighted by Crippen LogP contribution is -2.29. The zero-order valence-electron chi connectivity index (χ0n) is 8.79. The van der Waals surface area contributed by atoms with Crippen molar-refractivity contribution < 1.29 is 9.21 Å². The molecule has 0 bridgehead atoms. The highest BCUT2D eigenvalue weighted by atomic mass is 32.2. The molecule has 0 fully saturated rings. The fraction of sp³-hybridized carbons (Fsp3) is 0.100. The summed E-state index contributed by atoms with van der Waals surface area (Å²) in [7, 11) is 0. The van der Waals surface area contributed by atoms with Crippen LogP contribution in [-0.4, -0.2) is 15.9 Å².